The topological polar surface area (TPSA) is 76.2 Å². The minimum absolute atomic E-state index is 0.00479. The molecule has 0 aliphatic carbocycles. The number of carbonyl (C=O) groups is 1. The lowest BCUT2D eigenvalue weighted by Gasteiger charge is -2.11. The van der Waals surface area contributed by atoms with Crippen LogP contribution in [0.15, 0.2) is 0 Å². The number of thioether (sulfide) groups is 1. The van der Waals surface area contributed by atoms with Crippen molar-refractivity contribution in [2.24, 2.45) is 5.73 Å². The fourth-order valence-corrected chi connectivity index (χ4v) is 1.48. The van der Waals surface area contributed by atoms with Gasteiger partial charge in [0.1, 0.15) is 0 Å². The van der Waals surface area contributed by atoms with Crippen LogP contribution in [0.5, 0.6) is 0 Å². The van der Waals surface area contributed by atoms with Crippen molar-refractivity contribution in [2.45, 2.75) is 39.2 Å². The van der Waals surface area contributed by atoms with Gasteiger partial charge in [-0.3, -0.25) is 10.2 Å². The summed E-state index contributed by atoms with van der Waals surface area (Å²) < 4.78 is 5.11. The molecule has 0 fully saturated rings. The van der Waals surface area contributed by atoms with Crippen molar-refractivity contribution in [3.05, 3.63) is 0 Å². The summed E-state index contributed by atoms with van der Waals surface area (Å²) in [4.78, 5) is 11.2. The van der Waals surface area contributed by atoms with Crippen LogP contribution in [0.2, 0.25) is 0 Å². The van der Waals surface area contributed by atoms with Crippen LogP contribution < -0.4 is 5.73 Å². The zero-order chi connectivity index (χ0) is 11.0. The molecule has 0 aliphatic rings. The highest BCUT2D eigenvalue weighted by Crippen LogP contribution is 2.05. The molecular weight excluding hydrogens is 200 g/mol. The predicted octanol–water partition coefficient (Wildman–Crippen LogP) is 1.73. The molecule has 0 aliphatic heterocycles. The largest absolute Gasteiger partial charge is 0.463 e. The Morgan fingerprint density at radius 3 is 2.79 bits per heavy atom. The second-order valence-corrected chi connectivity index (χ2v) is 4.19. The van der Waals surface area contributed by atoms with E-state index in [1.165, 1.54) is 0 Å². The maximum atomic E-state index is 11.2. The van der Waals surface area contributed by atoms with Crippen LogP contribution in [0.25, 0.3) is 0 Å². The molecule has 14 heavy (non-hydrogen) atoms. The molecule has 0 radical (unpaired) electrons. The minimum atomic E-state index is -0.209. The van der Waals surface area contributed by atoms with Gasteiger partial charge in [-0.05, 0) is 13.3 Å². The van der Waals surface area contributed by atoms with E-state index in [9.17, 15) is 4.79 Å². The van der Waals surface area contributed by atoms with Gasteiger partial charge in [0.25, 0.3) is 0 Å². The first-order valence-corrected chi connectivity index (χ1v) is 5.71. The SMILES string of the molecule is CCCC(C)OC(=O)CCSC(=N)N. The highest BCUT2D eigenvalue weighted by Gasteiger charge is 2.08. The van der Waals surface area contributed by atoms with E-state index in [-0.39, 0.29) is 17.2 Å². The van der Waals surface area contributed by atoms with E-state index in [1.54, 1.807) is 0 Å². The predicted molar refractivity (Wildman–Crippen MR) is 59.5 cm³/mol. The van der Waals surface area contributed by atoms with E-state index in [1.807, 2.05) is 6.92 Å². The molecule has 0 heterocycles. The molecule has 0 aromatic carbocycles. The molecule has 0 saturated heterocycles. The summed E-state index contributed by atoms with van der Waals surface area (Å²) in [5, 5.41) is 6.98. The normalized spacial score (nSPS) is 12.1. The molecule has 82 valence electrons. The third-order valence-corrected chi connectivity index (χ3v) is 2.31. The van der Waals surface area contributed by atoms with Gasteiger partial charge in [-0.25, -0.2) is 0 Å². The quantitative estimate of drug-likeness (QED) is 0.404. The Kier molecular flexibility index (Phi) is 7.28. The summed E-state index contributed by atoms with van der Waals surface area (Å²) in [5.74, 6) is 0.312. The Morgan fingerprint density at radius 2 is 2.29 bits per heavy atom. The van der Waals surface area contributed by atoms with Gasteiger partial charge >= 0.3 is 5.97 Å². The highest BCUT2D eigenvalue weighted by molar-refractivity contribution is 8.13. The molecular formula is C9H18N2O2S. The Bertz CT molecular complexity index is 197. The maximum Gasteiger partial charge on any atom is 0.306 e. The first kappa shape index (κ1) is 13.3. The molecule has 0 rings (SSSR count). The molecule has 0 spiro atoms. The lowest BCUT2D eigenvalue weighted by atomic mass is 10.2. The van der Waals surface area contributed by atoms with Gasteiger partial charge in [-0.1, -0.05) is 25.1 Å². The van der Waals surface area contributed by atoms with Gasteiger partial charge in [0.2, 0.25) is 0 Å². The molecule has 0 saturated carbocycles. The second kappa shape index (κ2) is 7.67. The molecule has 1 atom stereocenters. The fraction of sp³-hybridized carbons (Fsp3) is 0.778. The Morgan fingerprint density at radius 1 is 1.64 bits per heavy atom. The summed E-state index contributed by atoms with van der Waals surface area (Å²) in [6.45, 7) is 3.94. The van der Waals surface area contributed by atoms with Gasteiger partial charge in [-0.15, -0.1) is 0 Å². The molecule has 1 unspecified atom stereocenters. The lowest BCUT2D eigenvalue weighted by molar-refractivity contribution is -0.147. The van der Waals surface area contributed by atoms with E-state index in [0.717, 1.165) is 24.6 Å². The fourth-order valence-electron chi connectivity index (χ4n) is 0.993. The van der Waals surface area contributed by atoms with Crippen molar-refractivity contribution in [1.29, 1.82) is 5.41 Å². The average molecular weight is 218 g/mol. The van der Waals surface area contributed by atoms with Gasteiger partial charge in [0.15, 0.2) is 5.17 Å². The van der Waals surface area contributed by atoms with E-state index >= 15 is 0 Å². The first-order valence-electron chi connectivity index (χ1n) is 4.72. The number of nitrogens with one attached hydrogen (secondary N) is 1. The molecule has 4 nitrogen and oxygen atoms in total. The Labute approximate surface area is 89.1 Å². The van der Waals surface area contributed by atoms with Crippen LogP contribution in [-0.2, 0) is 9.53 Å². The molecule has 5 heteroatoms. The number of hydrogen-bond donors (Lipinski definition) is 2. The van der Waals surface area contributed by atoms with E-state index in [4.69, 9.17) is 15.9 Å². The number of nitrogens with two attached hydrogens (primary N) is 1. The molecule has 0 amide bonds. The van der Waals surface area contributed by atoms with Gasteiger partial charge < -0.3 is 10.5 Å². The van der Waals surface area contributed by atoms with E-state index in [0.29, 0.717) is 12.2 Å². The number of carbonyl (C=O) groups excluding carboxylic acids is 1. The maximum absolute atomic E-state index is 11.2. The van der Waals surface area contributed by atoms with Gasteiger partial charge in [0.05, 0.1) is 12.5 Å². The zero-order valence-electron chi connectivity index (χ0n) is 8.71. The van der Waals surface area contributed by atoms with Crippen molar-refractivity contribution in [3.8, 4) is 0 Å². The molecule has 0 aromatic heterocycles. The average Bonchev–Trinajstić information content (AvgIpc) is 2.03. The number of esters is 1. The smallest absolute Gasteiger partial charge is 0.306 e. The van der Waals surface area contributed by atoms with Crippen molar-refractivity contribution >= 4 is 22.9 Å². The third kappa shape index (κ3) is 7.91. The Hall–Kier alpha value is -0.710. The van der Waals surface area contributed by atoms with Crippen molar-refractivity contribution in [3.63, 3.8) is 0 Å². The van der Waals surface area contributed by atoms with Crippen molar-refractivity contribution in [2.75, 3.05) is 5.75 Å². The van der Waals surface area contributed by atoms with Crippen LogP contribution >= 0.6 is 11.8 Å². The zero-order valence-corrected chi connectivity index (χ0v) is 9.52. The first-order chi connectivity index (χ1) is 6.56. The molecule has 3 N–H and O–H groups in total. The standard InChI is InChI=1S/C9H18N2O2S/c1-3-4-7(2)13-8(12)5-6-14-9(10)11/h7H,3-6H2,1-2H3,(H3,10,11). The number of amidine groups is 1. The number of rotatable bonds is 6. The monoisotopic (exact) mass is 218 g/mol. The van der Waals surface area contributed by atoms with Crippen molar-refractivity contribution < 1.29 is 9.53 Å². The van der Waals surface area contributed by atoms with Crippen molar-refractivity contribution in [1.82, 2.24) is 0 Å². The highest BCUT2D eigenvalue weighted by atomic mass is 32.2. The summed E-state index contributed by atoms with van der Waals surface area (Å²) >= 11 is 1.16. The summed E-state index contributed by atoms with van der Waals surface area (Å²) in [6, 6.07) is 0. The van der Waals surface area contributed by atoms with E-state index in [2.05, 4.69) is 6.92 Å². The van der Waals surface area contributed by atoms with Gasteiger partial charge in [0, 0.05) is 5.75 Å². The number of ether oxygens (including phenoxy) is 1. The molecule has 0 bridgehead atoms. The summed E-state index contributed by atoms with van der Waals surface area (Å²) in [7, 11) is 0. The lowest BCUT2D eigenvalue weighted by Crippen LogP contribution is -2.15. The van der Waals surface area contributed by atoms with Crippen LogP contribution in [0.4, 0.5) is 0 Å². The summed E-state index contributed by atoms with van der Waals surface area (Å²) in [5.41, 5.74) is 5.12. The Balaban J connectivity index is 3.50. The second-order valence-electron chi connectivity index (χ2n) is 3.05. The molecule has 0 aromatic rings. The summed E-state index contributed by atoms with van der Waals surface area (Å²) in [6.07, 6.45) is 2.22. The van der Waals surface area contributed by atoms with Gasteiger partial charge in [-0.2, -0.15) is 0 Å². The van der Waals surface area contributed by atoms with Crippen LogP contribution in [0, 0.1) is 5.41 Å². The van der Waals surface area contributed by atoms with Crippen LogP contribution in [0.1, 0.15) is 33.1 Å². The van der Waals surface area contributed by atoms with Crippen LogP contribution in [-0.4, -0.2) is 23.0 Å². The third-order valence-electron chi connectivity index (χ3n) is 1.59. The van der Waals surface area contributed by atoms with Crippen LogP contribution in [0.3, 0.4) is 0 Å². The van der Waals surface area contributed by atoms with E-state index < -0.39 is 0 Å². The number of hydrogen-bond acceptors (Lipinski definition) is 4. The minimum Gasteiger partial charge on any atom is -0.463 e.